The van der Waals surface area contributed by atoms with Gasteiger partial charge >= 0.3 is 0 Å². The van der Waals surface area contributed by atoms with Gasteiger partial charge in [-0.25, -0.2) is 0 Å². The largest absolute Gasteiger partial charge is 0.348 e. The minimum atomic E-state index is -0.0729. The molecule has 114 valence electrons. The van der Waals surface area contributed by atoms with Crippen LogP contribution in [0.2, 0.25) is 0 Å². The molecule has 0 radical (unpaired) electrons. The Kier molecular flexibility index (Phi) is 4.48. The summed E-state index contributed by atoms with van der Waals surface area (Å²) in [6, 6.07) is 19.6. The van der Waals surface area contributed by atoms with Crippen molar-refractivity contribution in [1.29, 1.82) is 0 Å². The number of nitrogens with zero attached hydrogens (tertiary/aromatic N) is 1. The van der Waals surface area contributed by atoms with Crippen LogP contribution in [0.15, 0.2) is 73.1 Å². The number of carbonyl (C=O) groups excluding carboxylic acids is 1. The van der Waals surface area contributed by atoms with E-state index in [0.717, 1.165) is 16.7 Å². The number of rotatable bonds is 4. The van der Waals surface area contributed by atoms with E-state index in [-0.39, 0.29) is 5.91 Å². The Morgan fingerprint density at radius 1 is 1.00 bits per heavy atom. The monoisotopic (exact) mass is 302 g/mol. The quantitative estimate of drug-likeness (QED) is 0.792. The first kappa shape index (κ1) is 15.0. The number of benzene rings is 2. The van der Waals surface area contributed by atoms with Crippen LogP contribution in [0.3, 0.4) is 0 Å². The molecule has 1 N–H and O–H groups in total. The Bertz CT molecular complexity index is 795. The average Bonchev–Trinajstić information content (AvgIpc) is 2.62. The first-order chi connectivity index (χ1) is 11.2. The number of nitrogens with one attached hydrogen (secondary N) is 1. The Morgan fingerprint density at radius 2 is 1.78 bits per heavy atom. The average molecular weight is 302 g/mol. The van der Waals surface area contributed by atoms with E-state index in [9.17, 15) is 4.79 Å². The highest BCUT2D eigenvalue weighted by atomic mass is 16.1. The molecule has 3 heteroatoms. The molecule has 1 amide bonds. The summed E-state index contributed by atoms with van der Waals surface area (Å²) in [5.74, 6) is -0.0729. The molecule has 1 aromatic heterocycles. The van der Waals surface area contributed by atoms with Crippen molar-refractivity contribution in [2.75, 3.05) is 0 Å². The van der Waals surface area contributed by atoms with E-state index >= 15 is 0 Å². The van der Waals surface area contributed by atoms with Crippen molar-refractivity contribution in [3.8, 4) is 11.1 Å². The fourth-order valence-corrected chi connectivity index (χ4v) is 2.36. The van der Waals surface area contributed by atoms with Crippen LogP contribution in [0.5, 0.6) is 0 Å². The summed E-state index contributed by atoms with van der Waals surface area (Å²) < 4.78 is 0. The lowest BCUT2D eigenvalue weighted by molar-refractivity contribution is 0.0951. The van der Waals surface area contributed by atoms with Gasteiger partial charge in [0.05, 0.1) is 0 Å². The number of carbonyl (C=O) groups is 1. The summed E-state index contributed by atoms with van der Waals surface area (Å²) in [4.78, 5) is 16.5. The molecule has 0 atom stereocenters. The molecule has 3 aromatic rings. The summed E-state index contributed by atoms with van der Waals surface area (Å²) in [5, 5.41) is 2.96. The van der Waals surface area contributed by atoms with Crippen LogP contribution in [0.1, 0.15) is 21.5 Å². The van der Waals surface area contributed by atoms with Crippen LogP contribution in [0.4, 0.5) is 0 Å². The highest BCUT2D eigenvalue weighted by Crippen LogP contribution is 2.19. The first-order valence-electron chi connectivity index (χ1n) is 7.56. The smallest absolute Gasteiger partial charge is 0.251 e. The van der Waals surface area contributed by atoms with Crippen molar-refractivity contribution in [1.82, 2.24) is 10.3 Å². The van der Waals surface area contributed by atoms with Crippen molar-refractivity contribution in [2.45, 2.75) is 13.5 Å². The normalized spacial score (nSPS) is 10.3. The van der Waals surface area contributed by atoms with Gasteiger partial charge in [0.1, 0.15) is 0 Å². The highest BCUT2D eigenvalue weighted by Gasteiger charge is 2.07. The minimum absolute atomic E-state index is 0.0729. The van der Waals surface area contributed by atoms with Gasteiger partial charge < -0.3 is 5.32 Å². The summed E-state index contributed by atoms with van der Waals surface area (Å²) >= 11 is 0. The van der Waals surface area contributed by atoms with Crippen LogP contribution >= 0.6 is 0 Å². The molecule has 1 heterocycles. The number of hydrogen-bond donors (Lipinski definition) is 1. The molecule has 0 bridgehead atoms. The molecule has 3 nitrogen and oxygen atoms in total. The molecule has 0 spiro atoms. The van der Waals surface area contributed by atoms with Crippen molar-refractivity contribution >= 4 is 5.91 Å². The lowest BCUT2D eigenvalue weighted by Gasteiger charge is -2.07. The molecule has 0 fully saturated rings. The number of pyridine rings is 1. The van der Waals surface area contributed by atoms with Crippen molar-refractivity contribution < 1.29 is 4.79 Å². The van der Waals surface area contributed by atoms with Gasteiger partial charge in [0.15, 0.2) is 0 Å². The van der Waals surface area contributed by atoms with Crippen LogP contribution in [0.25, 0.3) is 11.1 Å². The topological polar surface area (TPSA) is 42.0 Å². The third kappa shape index (κ3) is 3.83. The van der Waals surface area contributed by atoms with E-state index in [1.165, 1.54) is 5.56 Å². The summed E-state index contributed by atoms with van der Waals surface area (Å²) in [7, 11) is 0. The van der Waals surface area contributed by atoms with Gasteiger partial charge in [0, 0.05) is 30.1 Å². The van der Waals surface area contributed by atoms with Gasteiger partial charge in [-0.3, -0.25) is 9.78 Å². The van der Waals surface area contributed by atoms with E-state index in [1.54, 1.807) is 12.4 Å². The fourth-order valence-electron chi connectivity index (χ4n) is 2.36. The second-order valence-corrected chi connectivity index (χ2v) is 5.49. The molecular formula is C20H18N2O. The number of amides is 1. The molecule has 2 aromatic carbocycles. The number of aromatic nitrogens is 1. The maximum absolute atomic E-state index is 12.3. The molecule has 0 aliphatic rings. The van der Waals surface area contributed by atoms with Gasteiger partial charge in [0.2, 0.25) is 0 Å². The summed E-state index contributed by atoms with van der Waals surface area (Å²) in [6.45, 7) is 2.57. The fraction of sp³-hybridized carbons (Fsp3) is 0.100. The van der Waals surface area contributed by atoms with E-state index in [4.69, 9.17) is 0 Å². The lowest BCUT2D eigenvalue weighted by Crippen LogP contribution is -2.22. The minimum Gasteiger partial charge on any atom is -0.348 e. The molecule has 0 saturated heterocycles. The molecular weight excluding hydrogens is 284 g/mol. The zero-order valence-electron chi connectivity index (χ0n) is 13.0. The van der Waals surface area contributed by atoms with Gasteiger partial charge in [-0.2, -0.15) is 0 Å². The third-order valence-corrected chi connectivity index (χ3v) is 3.69. The van der Waals surface area contributed by atoms with Crippen LogP contribution < -0.4 is 5.32 Å². The molecule has 23 heavy (non-hydrogen) atoms. The summed E-state index contributed by atoms with van der Waals surface area (Å²) in [5.41, 5.74) is 4.94. The van der Waals surface area contributed by atoms with E-state index in [0.29, 0.717) is 12.1 Å². The Balaban J connectivity index is 1.71. The van der Waals surface area contributed by atoms with Crippen LogP contribution in [-0.2, 0) is 6.54 Å². The second kappa shape index (κ2) is 6.88. The van der Waals surface area contributed by atoms with E-state index < -0.39 is 0 Å². The van der Waals surface area contributed by atoms with Gasteiger partial charge in [-0.1, -0.05) is 48.0 Å². The SMILES string of the molecule is Cc1ccc(CNC(=O)c2cccc(-c3cccnc3)c2)cc1. The zero-order chi connectivity index (χ0) is 16.1. The standard InChI is InChI=1S/C20H18N2O/c1-15-7-9-16(10-8-15)13-22-20(23)18-5-2-4-17(12-18)19-6-3-11-21-14-19/h2-12,14H,13H2,1H3,(H,22,23). The number of aryl methyl sites for hydroxylation is 1. The van der Waals surface area contributed by atoms with Crippen LogP contribution in [0, 0.1) is 6.92 Å². The van der Waals surface area contributed by atoms with Crippen LogP contribution in [-0.4, -0.2) is 10.9 Å². The third-order valence-electron chi connectivity index (χ3n) is 3.69. The Hall–Kier alpha value is -2.94. The maximum atomic E-state index is 12.3. The van der Waals surface area contributed by atoms with Gasteiger partial charge in [0.25, 0.3) is 5.91 Å². The lowest BCUT2D eigenvalue weighted by atomic mass is 10.0. The van der Waals surface area contributed by atoms with Gasteiger partial charge in [-0.05, 0) is 36.2 Å². The molecule has 0 saturated carbocycles. The maximum Gasteiger partial charge on any atom is 0.251 e. The Morgan fingerprint density at radius 3 is 2.52 bits per heavy atom. The Labute approximate surface area is 136 Å². The molecule has 0 aliphatic carbocycles. The summed E-state index contributed by atoms with van der Waals surface area (Å²) in [6.07, 6.45) is 3.53. The van der Waals surface area contributed by atoms with Crippen molar-refractivity contribution in [2.24, 2.45) is 0 Å². The second-order valence-electron chi connectivity index (χ2n) is 5.49. The molecule has 0 aliphatic heterocycles. The highest BCUT2D eigenvalue weighted by molar-refractivity contribution is 5.95. The van der Waals surface area contributed by atoms with Gasteiger partial charge in [-0.15, -0.1) is 0 Å². The predicted octanol–water partition coefficient (Wildman–Crippen LogP) is 3.99. The number of hydrogen-bond acceptors (Lipinski definition) is 2. The van der Waals surface area contributed by atoms with E-state index in [2.05, 4.69) is 10.3 Å². The predicted molar refractivity (Wildman–Crippen MR) is 92.0 cm³/mol. The van der Waals surface area contributed by atoms with Crippen molar-refractivity contribution in [3.63, 3.8) is 0 Å². The zero-order valence-corrected chi connectivity index (χ0v) is 13.0. The first-order valence-corrected chi connectivity index (χ1v) is 7.56. The molecule has 0 unspecified atom stereocenters. The van der Waals surface area contributed by atoms with E-state index in [1.807, 2.05) is 67.6 Å². The molecule has 3 rings (SSSR count). The van der Waals surface area contributed by atoms with Crippen molar-refractivity contribution in [3.05, 3.63) is 89.7 Å².